The van der Waals surface area contributed by atoms with Crippen LogP contribution in [0.15, 0.2) is 90.1 Å². The van der Waals surface area contributed by atoms with E-state index in [1.54, 1.807) is 6.07 Å². The van der Waals surface area contributed by atoms with Crippen LogP contribution in [0.5, 0.6) is 0 Å². The van der Waals surface area contributed by atoms with Gasteiger partial charge in [-0.25, -0.2) is 4.79 Å². The van der Waals surface area contributed by atoms with E-state index in [9.17, 15) is 14.9 Å². The van der Waals surface area contributed by atoms with Gasteiger partial charge in [0.1, 0.15) is 0 Å². The molecule has 0 aliphatic carbocycles. The summed E-state index contributed by atoms with van der Waals surface area (Å²) in [6.45, 7) is 0. The van der Waals surface area contributed by atoms with Gasteiger partial charge in [0, 0.05) is 23.6 Å². The van der Waals surface area contributed by atoms with Crippen LogP contribution in [0.25, 0.3) is 0 Å². The van der Waals surface area contributed by atoms with Gasteiger partial charge in [0.05, 0.1) is 11.3 Å². The Labute approximate surface area is 167 Å². The fourth-order valence-corrected chi connectivity index (χ4v) is 2.93. The van der Waals surface area contributed by atoms with Crippen LogP contribution >= 0.6 is 0 Å². The van der Waals surface area contributed by atoms with Gasteiger partial charge in [-0.1, -0.05) is 78.0 Å². The lowest BCUT2D eigenvalue weighted by atomic mass is 9.89. The van der Waals surface area contributed by atoms with Crippen molar-refractivity contribution in [1.82, 2.24) is 0 Å². The quantitative estimate of drug-likeness (QED) is 0.216. The predicted octanol–water partition coefficient (Wildman–Crippen LogP) is 3.98. The molecule has 0 bridgehead atoms. The molecule has 0 atom stereocenters. The third kappa shape index (κ3) is 5.26. The molecule has 0 saturated carbocycles. The molecule has 0 aliphatic rings. The van der Waals surface area contributed by atoms with Gasteiger partial charge in [-0.15, -0.1) is 0 Å². The van der Waals surface area contributed by atoms with Crippen molar-refractivity contribution in [2.45, 2.75) is 12.3 Å². The normalized spacial score (nSPS) is 11.3. The minimum absolute atomic E-state index is 0.0692. The van der Waals surface area contributed by atoms with Gasteiger partial charge < -0.3 is 10.6 Å². The van der Waals surface area contributed by atoms with Crippen LogP contribution in [-0.4, -0.2) is 16.7 Å². The molecule has 3 rings (SSSR count). The summed E-state index contributed by atoms with van der Waals surface area (Å²) in [5.41, 5.74) is 7.95. The Morgan fingerprint density at radius 1 is 0.966 bits per heavy atom. The average molecular weight is 389 g/mol. The van der Waals surface area contributed by atoms with Crippen molar-refractivity contribution < 1.29 is 14.6 Å². The molecule has 3 aromatic rings. The number of nitro groups is 1. The molecular formula is C22H19N3O4. The Morgan fingerprint density at radius 2 is 1.55 bits per heavy atom. The number of rotatable bonds is 7. The van der Waals surface area contributed by atoms with Crippen molar-refractivity contribution in [3.63, 3.8) is 0 Å². The molecule has 0 radical (unpaired) electrons. The minimum atomic E-state index is -0.559. The van der Waals surface area contributed by atoms with Crippen molar-refractivity contribution in [3.05, 3.63) is 112 Å². The van der Waals surface area contributed by atoms with Crippen LogP contribution in [0.1, 0.15) is 29.0 Å². The lowest BCUT2D eigenvalue weighted by molar-refractivity contribution is -0.384. The number of nitro benzene ring substituents is 1. The maximum atomic E-state index is 12.4. The van der Waals surface area contributed by atoms with Crippen molar-refractivity contribution in [1.29, 1.82) is 0 Å². The van der Waals surface area contributed by atoms with Gasteiger partial charge in [-0.2, -0.15) is 0 Å². The molecule has 0 fully saturated rings. The van der Waals surface area contributed by atoms with Gasteiger partial charge in [0.2, 0.25) is 0 Å². The zero-order chi connectivity index (χ0) is 20.6. The standard InChI is InChI=1S/C22H19N3O4/c23-22(18-12-7-13-19(14-18)25(27)28)24-29-21(26)15-20(16-8-3-1-4-9-16)17-10-5-2-6-11-17/h1-14,20H,15H2,(H2,23,24). The van der Waals surface area contributed by atoms with Crippen LogP contribution in [0.4, 0.5) is 5.69 Å². The van der Waals surface area contributed by atoms with Crippen LogP contribution in [0.3, 0.4) is 0 Å². The Balaban J connectivity index is 1.74. The average Bonchev–Trinajstić information content (AvgIpc) is 2.77. The second-order valence-corrected chi connectivity index (χ2v) is 6.33. The number of amidine groups is 1. The monoisotopic (exact) mass is 389 g/mol. The summed E-state index contributed by atoms with van der Waals surface area (Å²) in [5.74, 6) is -0.867. The fourth-order valence-electron chi connectivity index (χ4n) is 2.93. The number of benzene rings is 3. The number of non-ortho nitro benzene ring substituents is 1. The third-order valence-corrected chi connectivity index (χ3v) is 4.37. The number of hydrogen-bond donors (Lipinski definition) is 1. The molecule has 0 saturated heterocycles. The van der Waals surface area contributed by atoms with Gasteiger partial charge >= 0.3 is 5.97 Å². The molecule has 3 aromatic carbocycles. The van der Waals surface area contributed by atoms with E-state index in [2.05, 4.69) is 5.16 Å². The highest BCUT2D eigenvalue weighted by atomic mass is 16.7. The molecule has 7 nitrogen and oxygen atoms in total. The maximum Gasteiger partial charge on any atom is 0.336 e. The van der Waals surface area contributed by atoms with Crippen LogP contribution in [0.2, 0.25) is 0 Å². The van der Waals surface area contributed by atoms with Crippen molar-refractivity contribution >= 4 is 17.5 Å². The molecule has 0 aromatic heterocycles. The van der Waals surface area contributed by atoms with E-state index in [1.165, 1.54) is 18.2 Å². The van der Waals surface area contributed by atoms with Gasteiger partial charge in [-0.05, 0) is 11.1 Å². The number of carbonyl (C=O) groups is 1. The highest BCUT2D eigenvalue weighted by Gasteiger charge is 2.19. The van der Waals surface area contributed by atoms with E-state index in [1.807, 2.05) is 60.7 Å². The fraction of sp³-hybridized carbons (Fsp3) is 0.0909. The highest BCUT2D eigenvalue weighted by Crippen LogP contribution is 2.28. The number of hydrogen-bond acceptors (Lipinski definition) is 5. The molecule has 0 unspecified atom stereocenters. The molecule has 0 aliphatic heterocycles. The molecule has 0 heterocycles. The first-order valence-corrected chi connectivity index (χ1v) is 8.92. The Kier molecular flexibility index (Phi) is 6.32. The molecule has 29 heavy (non-hydrogen) atoms. The molecule has 0 amide bonds. The summed E-state index contributed by atoms with van der Waals surface area (Å²) in [6, 6.07) is 24.9. The second-order valence-electron chi connectivity index (χ2n) is 6.33. The lowest BCUT2D eigenvalue weighted by Gasteiger charge is -2.16. The Hall–Kier alpha value is -4.00. The van der Waals surface area contributed by atoms with Gasteiger partial charge in [-0.3, -0.25) is 10.1 Å². The predicted molar refractivity (Wildman–Crippen MR) is 109 cm³/mol. The SMILES string of the molecule is N/C(=N/OC(=O)CC(c1ccccc1)c1ccccc1)c1cccc([N+](=O)[O-])c1. The molecule has 2 N–H and O–H groups in total. The molecule has 7 heteroatoms. The maximum absolute atomic E-state index is 12.4. The zero-order valence-corrected chi connectivity index (χ0v) is 15.5. The minimum Gasteiger partial charge on any atom is -0.380 e. The largest absolute Gasteiger partial charge is 0.380 e. The third-order valence-electron chi connectivity index (χ3n) is 4.37. The summed E-state index contributed by atoms with van der Waals surface area (Å²) in [5, 5.41) is 14.5. The number of oxime groups is 1. The van der Waals surface area contributed by atoms with Crippen molar-refractivity contribution in [3.8, 4) is 0 Å². The Morgan fingerprint density at radius 3 is 2.10 bits per heavy atom. The van der Waals surface area contributed by atoms with Crippen LogP contribution in [-0.2, 0) is 9.63 Å². The highest BCUT2D eigenvalue weighted by molar-refractivity contribution is 5.97. The van der Waals surface area contributed by atoms with E-state index in [4.69, 9.17) is 10.6 Å². The van der Waals surface area contributed by atoms with E-state index in [-0.39, 0.29) is 23.9 Å². The topological polar surface area (TPSA) is 108 Å². The second kappa shape index (κ2) is 9.27. The zero-order valence-electron chi connectivity index (χ0n) is 15.5. The van der Waals surface area contributed by atoms with E-state index < -0.39 is 10.9 Å². The number of nitrogens with two attached hydrogens (primary N) is 1. The smallest absolute Gasteiger partial charge is 0.336 e. The summed E-state index contributed by atoms with van der Waals surface area (Å²) >= 11 is 0. The molecular weight excluding hydrogens is 370 g/mol. The summed E-state index contributed by atoms with van der Waals surface area (Å²) in [4.78, 5) is 27.7. The first kappa shape index (κ1) is 19.8. The molecule has 146 valence electrons. The van der Waals surface area contributed by atoms with Crippen LogP contribution < -0.4 is 5.73 Å². The number of nitrogens with zero attached hydrogens (tertiary/aromatic N) is 2. The van der Waals surface area contributed by atoms with E-state index in [0.29, 0.717) is 5.56 Å². The lowest BCUT2D eigenvalue weighted by Crippen LogP contribution is -2.16. The van der Waals surface area contributed by atoms with E-state index in [0.717, 1.165) is 11.1 Å². The first-order chi connectivity index (χ1) is 14.0. The first-order valence-electron chi connectivity index (χ1n) is 8.92. The van der Waals surface area contributed by atoms with Gasteiger partial charge in [0.25, 0.3) is 5.69 Å². The number of carbonyl (C=O) groups excluding carboxylic acids is 1. The van der Waals surface area contributed by atoms with E-state index >= 15 is 0 Å². The summed E-state index contributed by atoms with van der Waals surface area (Å²) in [6.07, 6.45) is 0.0692. The van der Waals surface area contributed by atoms with Crippen LogP contribution in [0, 0.1) is 10.1 Å². The Bertz CT molecular complexity index is 981. The summed E-state index contributed by atoms with van der Waals surface area (Å²) in [7, 11) is 0. The van der Waals surface area contributed by atoms with Crippen molar-refractivity contribution in [2.24, 2.45) is 10.9 Å². The van der Waals surface area contributed by atoms with Gasteiger partial charge in [0.15, 0.2) is 5.84 Å². The summed E-state index contributed by atoms with van der Waals surface area (Å²) < 4.78 is 0. The molecule has 0 spiro atoms. The van der Waals surface area contributed by atoms with Crippen molar-refractivity contribution in [2.75, 3.05) is 0 Å².